The largest absolute Gasteiger partial charge is 0.448 e. The van der Waals surface area contributed by atoms with Crippen LogP contribution in [0.1, 0.15) is 30.3 Å². The Labute approximate surface area is 150 Å². The lowest BCUT2D eigenvalue weighted by molar-refractivity contribution is 0.0542. The molecular formula is C19H21N3O2S. The van der Waals surface area contributed by atoms with Gasteiger partial charge in [0.05, 0.1) is 10.2 Å². The van der Waals surface area contributed by atoms with E-state index < -0.39 is 0 Å². The lowest BCUT2D eigenvalue weighted by Gasteiger charge is -2.37. The third kappa shape index (κ3) is 3.07. The molecule has 3 heterocycles. The summed E-state index contributed by atoms with van der Waals surface area (Å²) in [6.07, 6.45) is 1.96. The van der Waals surface area contributed by atoms with Crippen molar-refractivity contribution in [3.8, 4) is 10.8 Å². The highest BCUT2D eigenvalue weighted by Gasteiger charge is 2.31. The van der Waals surface area contributed by atoms with E-state index in [1.165, 1.54) is 0 Å². The van der Waals surface area contributed by atoms with Gasteiger partial charge in [0.25, 0.3) is 5.91 Å². The van der Waals surface area contributed by atoms with Gasteiger partial charge < -0.3 is 15.1 Å². The van der Waals surface area contributed by atoms with Gasteiger partial charge in [-0.05, 0) is 43.0 Å². The third-order valence-corrected chi connectivity index (χ3v) is 5.88. The number of carbonyl (C=O) groups is 1. The number of nitrogens with zero attached hydrogens (tertiary/aromatic N) is 2. The van der Waals surface area contributed by atoms with E-state index >= 15 is 0 Å². The molecule has 1 aliphatic rings. The highest BCUT2D eigenvalue weighted by molar-refractivity contribution is 7.21. The van der Waals surface area contributed by atoms with Gasteiger partial charge in [-0.25, -0.2) is 4.98 Å². The van der Waals surface area contributed by atoms with Crippen molar-refractivity contribution in [1.29, 1.82) is 0 Å². The molecule has 1 saturated heterocycles. The van der Waals surface area contributed by atoms with Crippen molar-refractivity contribution in [2.45, 2.75) is 25.8 Å². The maximum absolute atomic E-state index is 12.9. The fourth-order valence-corrected chi connectivity index (χ4v) is 4.36. The fraction of sp³-hybridized carbons (Fsp3) is 0.368. The summed E-state index contributed by atoms with van der Waals surface area (Å²) < 4.78 is 6.96. The number of piperidine rings is 1. The van der Waals surface area contributed by atoms with Crippen molar-refractivity contribution in [2.24, 2.45) is 11.7 Å². The van der Waals surface area contributed by atoms with Gasteiger partial charge in [0, 0.05) is 19.1 Å². The van der Waals surface area contributed by atoms with Gasteiger partial charge in [-0.15, -0.1) is 11.3 Å². The van der Waals surface area contributed by atoms with E-state index in [9.17, 15) is 4.79 Å². The predicted molar refractivity (Wildman–Crippen MR) is 99.6 cm³/mol. The van der Waals surface area contributed by atoms with E-state index in [1.54, 1.807) is 17.4 Å². The zero-order valence-corrected chi connectivity index (χ0v) is 15.0. The summed E-state index contributed by atoms with van der Waals surface area (Å²) >= 11 is 1.57. The van der Waals surface area contributed by atoms with Gasteiger partial charge in [0.15, 0.2) is 16.5 Å². The number of fused-ring (bicyclic) bond motifs is 1. The molecule has 0 bridgehead atoms. The van der Waals surface area contributed by atoms with Gasteiger partial charge in [-0.1, -0.05) is 19.1 Å². The third-order valence-electron chi connectivity index (χ3n) is 4.83. The van der Waals surface area contributed by atoms with Crippen LogP contribution in [0, 0.1) is 5.92 Å². The van der Waals surface area contributed by atoms with Crippen molar-refractivity contribution < 1.29 is 9.21 Å². The van der Waals surface area contributed by atoms with Crippen molar-refractivity contribution in [1.82, 2.24) is 9.88 Å². The molecule has 0 saturated carbocycles. The molecule has 1 aliphatic heterocycles. The SMILES string of the molecule is CC1CCN(C(=O)c2ccc(-c3nc4ccccc4s3)o2)C(CN)C1. The van der Waals surface area contributed by atoms with Crippen LogP contribution in [-0.2, 0) is 0 Å². The summed E-state index contributed by atoms with van der Waals surface area (Å²) in [6.45, 7) is 3.43. The number of rotatable bonds is 3. The molecule has 6 heteroatoms. The van der Waals surface area contributed by atoms with Crippen molar-refractivity contribution >= 4 is 27.5 Å². The van der Waals surface area contributed by atoms with Gasteiger partial charge in [0.2, 0.25) is 0 Å². The van der Waals surface area contributed by atoms with Crippen molar-refractivity contribution in [3.05, 3.63) is 42.2 Å². The standard InChI is InChI=1S/C19H21N3O2S/c1-12-8-9-22(13(10-12)11-20)19(23)16-7-6-15(24-16)18-21-14-4-2-3-5-17(14)25-18/h2-7,12-13H,8-11,20H2,1H3. The average molecular weight is 355 g/mol. The molecule has 2 unspecified atom stereocenters. The van der Waals surface area contributed by atoms with Crippen LogP contribution in [0.2, 0.25) is 0 Å². The minimum absolute atomic E-state index is 0.0743. The highest BCUT2D eigenvalue weighted by Crippen LogP contribution is 2.32. The molecule has 1 fully saturated rings. The van der Waals surface area contributed by atoms with Crippen LogP contribution in [-0.4, -0.2) is 34.9 Å². The Morgan fingerprint density at radius 1 is 1.36 bits per heavy atom. The normalized spacial score (nSPS) is 21.0. The van der Waals surface area contributed by atoms with Crippen LogP contribution < -0.4 is 5.73 Å². The highest BCUT2D eigenvalue weighted by atomic mass is 32.1. The Balaban J connectivity index is 1.59. The van der Waals surface area contributed by atoms with Crippen LogP contribution in [0.15, 0.2) is 40.8 Å². The Morgan fingerprint density at radius 3 is 3.00 bits per heavy atom. The zero-order valence-electron chi connectivity index (χ0n) is 14.1. The molecule has 1 amide bonds. The van der Waals surface area contributed by atoms with Gasteiger partial charge in [-0.3, -0.25) is 4.79 Å². The minimum Gasteiger partial charge on any atom is -0.448 e. The first kappa shape index (κ1) is 16.3. The quantitative estimate of drug-likeness (QED) is 0.776. The summed E-state index contributed by atoms with van der Waals surface area (Å²) in [4.78, 5) is 19.3. The topological polar surface area (TPSA) is 72.4 Å². The molecule has 25 heavy (non-hydrogen) atoms. The summed E-state index contributed by atoms with van der Waals surface area (Å²) in [5.74, 6) is 1.53. The molecule has 4 rings (SSSR count). The Morgan fingerprint density at radius 2 is 2.20 bits per heavy atom. The molecule has 2 atom stereocenters. The summed E-state index contributed by atoms with van der Waals surface area (Å²) in [7, 11) is 0. The van der Waals surface area contributed by atoms with Crippen molar-refractivity contribution in [3.63, 3.8) is 0 Å². The summed E-state index contributed by atoms with van der Waals surface area (Å²) in [5, 5.41) is 0.794. The second-order valence-corrected chi connectivity index (χ2v) is 7.70. The molecule has 0 aliphatic carbocycles. The van der Waals surface area contributed by atoms with Gasteiger partial charge >= 0.3 is 0 Å². The first-order chi connectivity index (χ1) is 12.2. The first-order valence-electron chi connectivity index (χ1n) is 8.62. The van der Waals surface area contributed by atoms with E-state index in [0.717, 1.165) is 34.6 Å². The predicted octanol–water partition coefficient (Wildman–Crippen LogP) is 3.76. The zero-order chi connectivity index (χ0) is 17.4. The number of thiazole rings is 1. The lowest BCUT2D eigenvalue weighted by atomic mass is 9.92. The molecule has 2 N–H and O–H groups in total. The first-order valence-corrected chi connectivity index (χ1v) is 9.44. The molecule has 0 radical (unpaired) electrons. The fourth-order valence-electron chi connectivity index (χ4n) is 3.43. The number of likely N-dealkylation sites (tertiary alicyclic amines) is 1. The maximum Gasteiger partial charge on any atom is 0.289 e. The van der Waals surface area contributed by atoms with E-state index in [1.807, 2.05) is 35.2 Å². The number of furan rings is 1. The van der Waals surface area contributed by atoms with E-state index in [2.05, 4.69) is 11.9 Å². The Hall–Kier alpha value is -2.18. The molecule has 3 aromatic rings. The van der Waals surface area contributed by atoms with Crippen molar-refractivity contribution in [2.75, 3.05) is 13.1 Å². The molecule has 2 aromatic heterocycles. The monoisotopic (exact) mass is 355 g/mol. The van der Waals surface area contributed by atoms with E-state index in [-0.39, 0.29) is 11.9 Å². The van der Waals surface area contributed by atoms with Gasteiger partial charge in [0.1, 0.15) is 0 Å². The van der Waals surface area contributed by atoms with Crippen LogP contribution in [0.5, 0.6) is 0 Å². The second-order valence-electron chi connectivity index (χ2n) is 6.67. The number of nitrogens with two attached hydrogens (primary N) is 1. The molecule has 1 aromatic carbocycles. The van der Waals surface area contributed by atoms with Crippen LogP contribution in [0.4, 0.5) is 0 Å². The summed E-state index contributed by atoms with van der Waals surface area (Å²) in [5.41, 5.74) is 6.82. The number of aromatic nitrogens is 1. The van der Waals surface area contributed by atoms with Crippen LogP contribution in [0.3, 0.4) is 0 Å². The maximum atomic E-state index is 12.9. The number of hydrogen-bond acceptors (Lipinski definition) is 5. The smallest absolute Gasteiger partial charge is 0.289 e. The van der Waals surface area contributed by atoms with E-state index in [0.29, 0.717) is 24.0 Å². The molecule has 5 nitrogen and oxygen atoms in total. The summed E-state index contributed by atoms with van der Waals surface area (Å²) in [6, 6.07) is 11.6. The number of carbonyl (C=O) groups excluding carboxylic acids is 1. The number of benzene rings is 1. The Bertz CT molecular complexity index is 868. The minimum atomic E-state index is -0.0743. The van der Waals surface area contributed by atoms with Gasteiger partial charge in [-0.2, -0.15) is 0 Å². The van der Waals surface area contributed by atoms with Crippen LogP contribution >= 0.6 is 11.3 Å². The lowest BCUT2D eigenvalue weighted by Crippen LogP contribution is -2.49. The average Bonchev–Trinajstić information content (AvgIpc) is 3.27. The Kier molecular flexibility index (Phi) is 4.31. The van der Waals surface area contributed by atoms with Crippen LogP contribution in [0.25, 0.3) is 21.0 Å². The second kappa shape index (κ2) is 6.61. The molecule has 0 spiro atoms. The molecule has 130 valence electrons. The number of hydrogen-bond donors (Lipinski definition) is 1. The molecular weight excluding hydrogens is 334 g/mol. The van der Waals surface area contributed by atoms with E-state index in [4.69, 9.17) is 10.2 Å². The number of para-hydroxylation sites is 1. The number of amides is 1.